The Morgan fingerprint density at radius 2 is 1.90 bits per heavy atom. The summed E-state index contributed by atoms with van der Waals surface area (Å²) in [5.41, 5.74) is 3.30. The van der Waals surface area contributed by atoms with E-state index in [0.717, 1.165) is 36.8 Å². The second-order valence-electron chi connectivity index (χ2n) is 11.1. The summed E-state index contributed by atoms with van der Waals surface area (Å²) in [5.74, 6) is -1.88. The van der Waals surface area contributed by atoms with E-state index in [9.17, 15) is 19.0 Å². The van der Waals surface area contributed by atoms with Crippen molar-refractivity contribution in [3.05, 3.63) is 35.5 Å². The van der Waals surface area contributed by atoms with Gasteiger partial charge in [0.05, 0.1) is 12.2 Å². The average molecular weight is 437 g/mol. The quantitative estimate of drug-likeness (QED) is 0.479. The molecule has 0 bridgehead atoms. The van der Waals surface area contributed by atoms with Crippen LogP contribution in [0.5, 0.6) is 0 Å². The highest BCUT2D eigenvalue weighted by atomic mass is 19.3. The molecule has 3 saturated carbocycles. The van der Waals surface area contributed by atoms with Crippen LogP contribution in [0.3, 0.4) is 0 Å². The van der Waals surface area contributed by atoms with Gasteiger partial charge in [0.1, 0.15) is 0 Å². The first-order valence-corrected chi connectivity index (χ1v) is 12.3. The van der Waals surface area contributed by atoms with Gasteiger partial charge in [0, 0.05) is 18.8 Å². The van der Waals surface area contributed by atoms with Gasteiger partial charge in [-0.3, -0.25) is 0 Å². The molecule has 0 radical (unpaired) electrons. The van der Waals surface area contributed by atoms with E-state index in [1.807, 2.05) is 0 Å². The molecule has 0 aromatic heterocycles. The standard InChI is InChI=1S/C27H42F2O2/c1-17(2)27(28,29)14-12-18(3)23-10-11-24-20(7-6-13-26(23,24)5)8-9-21-15-22(30)16-25(31)19(21)4/h8-9,17-18,22-25,30-31H,4,6-7,10-16H2,1-3,5H3/b20-8+,21-9-/t18-,22-,23-,24?,25+,26-/m1/s1. The minimum absolute atomic E-state index is 0.00929. The van der Waals surface area contributed by atoms with E-state index < -0.39 is 24.0 Å². The van der Waals surface area contributed by atoms with Gasteiger partial charge in [-0.15, -0.1) is 0 Å². The second-order valence-corrected chi connectivity index (χ2v) is 11.1. The zero-order chi connectivity index (χ0) is 23.0. The number of hydrogen-bond donors (Lipinski definition) is 2. The Labute approximate surface area is 187 Å². The molecule has 0 amide bonds. The first kappa shape index (κ1) is 24.6. The molecule has 0 aromatic rings. The van der Waals surface area contributed by atoms with Crippen molar-refractivity contribution in [2.24, 2.45) is 29.1 Å². The Hall–Kier alpha value is -1.00. The Kier molecular flexibility index (Phi) is 7.53. The van der Waals surface area contributed by atoms with Crippen LogP contribution in [0, 0.1) is 29.1 Å². The van der Waals surface area contributed by atoms with Crippen molar-refractivity contribution >= 4 is 0 Å². The molecule has 0 heterocycles. The summed E-state index contributed by atoms with van der Waals surface area (Å²) in [6.45, 7) is 11.8. The molecule has 3 aliphatic rings. The Balaban J connectivity index is 1.73. The van der Waals surface area contributed by atoms with Crippen molar-refractivity contribution in [3.8, 4) is 0 Å². The topological polar surface area (TPSA) is 40.5 Å². The maximum absolute atomic E-state index is 14.2. The van der Waals surface area contributed by atoms with Gasteiger partial charge in [-0.1, -0.05) is 52.0 Å². The van der Waals surface area contributed by atoms with E-state index in [4.69, 9.17) is 0 Å². The van der Waals surface area contributed by atoms with Gasteiger partial charge >= 0.3 is 0 Å². The van der Waals surface area contributed by atoms with Gasteiger partial charge in [-0.05, 0) is 79.3 Å². The fraction of sp³-hybridized carbons (Fsp3) is 0.778. The minimum atomic E-state index is -2.57. The van der Waals surface area contributed by atoms with Crippen LogP contribution in [0.15, 0.2) is 35.5 Å². The lowest BCUT2D eigenvalue weighted by molar-refractivity contribution is -0.0600. The first-order chi connectivity index (χ1) is 14.5. The number of alkyl halides is 2. The molecule has 0 aliphatic heterocycles. The Bertz CT molecular complexity index is 723. The monoisotopic (exact) mass is 436 g/mol. The van der Waals surface area contributed by atoms with Gasteiger partial charge < -0.3 is 10.2 Å². The predicted octanol–water partition coefficient (Wildman–Crippen LogP) is 6.84. The molecule has 0 aromatic carbocycles. The molecule has 176 valence electrons. The van der Waals surface area contributed by atoms with Crippen molar-refractivity contribution < 1.29 is 19.0 Å². The molecule has 31 heavy (non-hydrogen) atoms. The maximum atomic E-state index is 14.2. The van der Waals surface area contributed by atoms with Gasteiger partial charge in [-0.2, -0.15) is 0 Å². The van der Waals surface area contributed by atoms with Gasteiger partial charge in [0.2, 0.25) is 5.92 Å². The fourth-order valence-electron chi connectivity index (χ4n) is 6.59. The highest BCUT2D eigenvalue weighted by Crippen LogP contribution is 2.60. The van der Waals surface area contributed by atoms with E-state index in [1.165, 1.54) is 12.0 Å². The van der Waals surface area contributed by atoms with E-state index >= 15 is 0 Å². The van der Waals surface area contributed by atoms with Crippen LogP contribution in [0.2, 0.25) is 0 Å². The fourth-order valence-corrected chi connectivity index (χ4v) is 6.59. The molecule has 0 spiro atoms. The summed E-state index contributed by atoms with van der Waals surface area (Å²) < 4.78 is 28.4. The number of aliphatic hydroxyl groups excluding tert-OH is 2. The van der Waals surface area contributed by atoms with Crippen LogP contribution in [0.25, 0.3) is 0 Å². The number of halogens is 2. The maximum Gasteiger partial charge on any atom is 0.250 e. The van der Waals surface area contributed by atoms with Gasteiger partial charge in [0.15, 0.2) is 0 Å². The van der Waals surface area contributed by atoms with Gasteiger partial charge in [0.25, 0.3) is 0 Å². The van der Waals surface area contributed by atoms with Crippen LogP contribution >= 0.6 is 0 Å². The lowest BCUT2D eigenvalue weighted by Crippen LogP contribution is -2.36. The van der Waals surface area contributed by atoms with E-state index in [0.29, 0.717) is 37.0 Å². The van der Waals surface area contributed by atoms with E-state index in [1.54, 1.807) is 13.8 Å². The van der Waals surface area contributed by atoms with Crippen LogP contribution in [-0.2, 0) is 0 Å². The predicted molar refractivity (Wildman–Crippen MR) is 123 cm³/mol. The molecular weight excluding hydrogens is 394 g/mol. The summed E-state index contributed by atoms with van der Waals surface area (Å²) in [6.07, 6.45) is 10.2. The van der Waals surface area contributed by atoms with Crippen LogP contribution in [0.1, 0.15) is 85.5 Å². The van der Waals surface area contributed by atoms with Crippen molar-refractivity contribution in [3.63, 3.8) is 0 Å². The zero-order valence-electron chi connectivity index (χ0n) is 19.8. The molecule has 2 N–H and O–H groups in total. The third-order valence-electron chi connectivity index (χ3n) is 8.77. The number of rotatable bonds is 6. The number of aliphatic hydroxyl groups is 2. The van der Waals surface area contributed by atoms with Crippen LogP contribution in [-0.4, -0.2) is 28.3 Å². The first-order valence-electron chi connectivity index (χ1n) is 12.3. The smallest absolute Gasteiger partial charge is 0.250 e. The summed E-state index contributed by atoms with van der Waals surface area (Å²) >= 11 is 0. The summed E-state index contributed by atoms with van der Waals surface area (Å²) in [4.78, 5) is 0. The molecule has 0 saturated heterocycles. The number of hydrogen-bond acceptors (Lipinski definition) is 2. The third kappa shape index (κ3) is 5.16. The van der Waals surface area contributed by atoms with Crippen molar-refractivity contribution in [2.45, 2.75) is 104 Å². The van der Waals surface area contributed by atoms with Gasteiger partial charge in [-0.25, -0.2) is 8.78 Å². The summed E-state index contributed by atoms with van der Waals surface area (Å²) in [6, 6.07) is 0. The lowest BCUT2D eigenvalue weighted by Gasteiger charge is -2.44. The highest BCUT2D eigenvalue weighted by Gasteiger charge is 2.51. The molecule has 3 fully saturated rings. The van der Waals surface area contributed by atoms with Crippen molar-refractivity contribution in [1.29, 1.82) is 0 Å². The SMILES string of the molecule is C=C1/C(=C\C=C2/CCC[C@@]3(C)C2CC[C@@H]3[C@H](C)CCC(F)(F)C(C)C)C[C@@H](O)C[C@@H]1O. The second kappa shape index (κ2) is 9.47. The lowest BCUT2D eigenvalue weighted by atomic mass is 9.60. The number of fused-ring (bicyclic) bond motifs is 1. The summed E-state index contributed by atoms with van der Waals surface area (Å²) in [5, 5.41) is 20.1. The van der Waals surface area contributed by atoms with Crippen molar-refractivity contribution in [2.75, 3.05) is 0 Å². The van der Waals surface area contributed by atoms with E-state index in [-0.39, 0.29) is 11.8 Å². The van der Waals surface area contributed by atoms with Crippen LogP contribution < -0.4 is 0 Å². The minimum Gasteiger partial charge on any atom is -0.393 e. The average Bonchev–Trinajstić information content (AvgIpc) is 3.05. The molecule has 6 atom stereocenters. The molecule has 1 unspecified atom stereocenters. The normalized spacial score (nSPS) is 38.2. The largest absolute Gasteiger partial charge is 0.393 e. The van der Waals surface area contributed by atoms with Crippen LogP contribution in [0.4, 0.5) is 8.78 Å². The highest BCUT2D eigenvalue weighted by molar-refractivity contribution is 5.38. The summed E-state index contributed by atoms with van der Waals surface area (Å²) in [7, 11) is 0. The zero-order valence-corrected chi connectivity index (χ0v) is 19.8. The van der Waals surface area contributed by atoms with Crippen molar-refractivity contribution in [1.82, 2.24) is 0 Å². The Morgan fingerprint density at radius 3 is 2.58 bits per heavy atom. The molecule has 3 rings (SSSR count). The Morgan fingerprint density at radius 1 is 1.19 bits per heavy atom. The molecular formula is C27H42F2O2. The third-order valence-corrected chi connectivity index (χ3v) is 8.77. The number of allylic oxidation sites excluding steroid dienone is 3. The molecule has 2 nitrogen and oxygen atoms in total. The molecule has 3 aliphatic carbocycles. The molecule has 4 heteroatoms. The van der Waals surface area contributed by atoms with E-state index in [2.05, 4.69) is 32.6 Å².